The average molecular weight is 218 g/mol. The van der Waals surface area contributed by atoms with E-state index in [-0.39, 0.29) is 0 Å². The second kappa shape index (κ2) is 5.15. The topological polar surface area (TPSA) is 26.3 Å². The molecule has 0 amide bonds. The number of hydrogen-bond acceptors (Lipinski definition) is 2. The van der Waals surface area contributed by atoms with Gasteiger partial charge in [-0.3, -0.25) is 4.79 Å². The standard InChI is InChI=1S/C14H18O2/c1-16-14-7-5-11(6-8-14)9-12-3-2-4-13(15)10-12/h5-8,12H,2-4,9-10H2,1H3/t12-/m0/s1. The van der Waals surface area contributed by atoms with Crippen LogP contribution in [0, 0.1) is 5.92 Å². The first-order chi connectivity index (χ1) is 7.78. The lowest BCUT2D eigenvalue weighted by Crippen LogP contribution is -2.16. The van der Waals surface area contributed by atoms with E-state index >= 15 is 0 Å². The summed E-state index contributed by atoms with van der Waals surface area (Å²) in [5.74, 6) is 1.88. The third kappa shape index (κ3) is 2.84. The van der Waals surface area contributed by atoms with Crippen molar-refractivity contribution in [3.05, 3.63) is 29.8 Å². The summed E-state index contributed by atoms with van der Waals surface area (Å²) in [5.41, 5.74) is 1.31. The average Bonchev–Trinajstić information content (AvgIpc) is 2.30. The third-order valence-electron chi connectivity index (χ3n) is 3.27. The zero-order valence-corrected chi connectivity index (χ0v) is 9.74. The van der Waals surface area contributed by atoms with E-state index in [0.29, 0.717) is 11.7 Å². The van der Waals surface area contributed by atoms with Gasteiger partial charge in [0.1, 0.15) is 11.5 Å². The summed E-state index contributed by atoms with van der Waals surface area (Å²) in [6, 6.07) is 8.16. The van der Waals surface area contributed by atoms with Crippen LogP contribution in [-0.4, -0.2) is 12.9 Å². The lowest BCUT2D eigenvalue weighted by molar-refractivity contribution is -0.121. The number of ketones is 1. The van der Waals surface area contributed by atoms with Crippen molar-refractivity contribution in [3.8, 4) is 5.75 Å². The zero-order valence-electron chi connectivity index (χ0n) is 9.74. The van der Waals surface area contributed by atoms with Crippen molar-refractivity contribution in [2.24, 2.45) is 5.92 Å². The van der Waals surface area contributed by atoms with Gasteiger partial charge in [-0.1, -0.05) is 12.1 Å². The number of Topliss-reactive ketones (excluding diaryl/α,β-unsaturated/α-hetero) is 1. The number of carbonyl (C=O) groups excluding carboxylic acids is 1. The van der Waals surface area contributed by atoms with Crippen molar-refractivity contribution in [2.75, 3.05) is 7.11 Å². The van der Waals surface area contributed by atoms with E-state index in [0.717, 1.165) is 31.4 Å². The Morgan fingerprint density at radius 1 is 1.31 bits per heavy atom. The molecule has 0 aromatic heterocycles. The summed E-state index contributed by atoms with van der Waals surface area (Å²) in [5, 5.41) is 0. The van der Waals surface area contributed by atoms with Crippen LogP contribution in [-0.2, 0) is 11.2 Å². The summed E-state index contributed by atoms with van der Waals surface area (Å²) < 4.78 is 5.12. The minimum Gasteiger partial charge on any atom is -0.497 e. The molecule has 2 heteroatoms. The first kappa shape index (κ1) is 11.2. The van der Waals surface area contributed by atoms with Gasteiger partial charge in [-0.2, -0.15) is 0 Å². The van der Waals surface area contributed by atoms with Gasteiger partial charge in [0.05, 0.1) is 7.11 Å². The van der Waals surface area contributed by atoms with E-state index in [1.165, 1.54) is 12.0 Å². The van der Waals surface area contributed by atoms with Gasteiger partial charge in [-0.25, -0.2) is 0 Å². The van der Waals surface area contributed by atoms with Gasteiger partial charge in [0.2, 0.25) is 0 Å². The maximum absolute atomic E-state index is 11.3. The molecule has 2 nitrogen and oxygen atoms in total. The van der Waals surface area contributed by atoms with E-state index in [9.17, 15) is 4.79 Å². The van der Waals surface area contributed by atoms with Gasteiger partial charge < -0.3 is 4.74 Å². The normalized spacial score (nSPS) is 20.8. The van der Waals surface area contributed by atoms with Crippen molar-refractivity contribution in [2.45, 2.75) is 32.1 Å². The number of ether oxygens (including phenoxy) is 1. The van der Waals surface area contributed by atoms with Crippen LogP contribution < -0.4 is 4.74 Å². The molecule has 1 aliphatic carbocycles. The van der Waals surface area contributed by atoms with Crippen LogP contribution in [0.2, 0.25) is 0 Å². The van der Waals surface area contributed by atoms with Crippen molar-refractivity contribution < 1.29 is 9.53 Å². The Morgan fingerprint density at radius 3 is 2.69 bits per heavy atom. The summed E-state index contributed by atoms with van der Waals surface area (Å²) in [7, 11) is 1.68. The first-order valence-corrected chi connectivity index (χ1v) is 5.92. The fourth-order valence-electron chi connectivity index (χ4n) is 2.38. The Bertz CT molecular complexity index is 354. The molecule has 1 aromatic rings. The molecule has 0 aliphatic heterocycles. The highest BCUT2D eigenvalue weighted by atomic mass is 16.5. The maximum atomic E-state index is 11.3. The molecule has 1 atom stereocenters. The monoisotopic (exact) mass is 218 g/mol. The molecule has 0 saturated heterocycles. The number of methoxy groups -OCH3 is 1. The highest BCUT2D eigenvalue weighted by molar-refractivity contribution is 5.79. The van der Waals surface area contributed by atoms with Crippen LogP contribution >= 0.6 is 0 Å². The lowest BCUT2D eigenvalue weighted by atomic mass is 9.84. The molecule has 86 valence electrons. The molecular formula is C14H18O2. The van der Waals surface area contributed by atoms with Crippen LogP contribution in [0.4, 0.5) is 0 Å². The van der Waals surface area contributed by atoms with Crippen molar-refractivity contribution in [1.82, 2.24) is 0 Å². The third-order valence-corrected chi connectivity index (χ3v) is 3.27. The van der Waals surface area contributed by atoms with Crippen LogP contribution in [0.25, 0.3) is 0 Å². The molecule has 1 saturated carbocycles. The fourth-order valence-corrected chi connectivity index (χ4v) is 2.38. The number of carbonyl (C=O) groups is 1. The van der Waals surface area contributed by atoms with E-state index in [1.807, 2.05) is 12.1 Å². The Morgan fingerprint density at radius 2 is 2.06 bits per heavy atom. The van der Waals surface area contributed by atoms with E-state index < -0.39 is 0 Å². The van der Waals surface area contributed by atoms with Crippen LogP contribution in [0.15, 0.2) is 24.3 Å². The quantitative estimate of drug-likeness (QED) is 0.779. The SMILES string of the molecule is COc1ccc(C[C@@H]2CCCC(=O)C2)cc1. The van der Waals surface area contributed by atoms with Crippen LogP contribution in [0.5, 0.6) is 5.75 Å². The summed E-state index contributed by atoms with van der Waals surface area (Å²) >= 11 is 0. The van der Waals surface area contributed by atoms with Gasteiger partial charge in [-0.05, 0) is 42.9 Å². The van der Waals surface area contributed by atoms with Crippen molar-refractivity contribution in [1.29, 1.82) is 0 Å². The predicted molar refractivity (Wildman–Crippen MR) is 63.7 cm³/mol. The Labute approximate surface area is 96.6 Å². The maximum Gasteiger partial charge on any atom is 0.133 e. The molecule has 0 bridgehead atoms. The molecule has 1 fully saturated rings. The van der Waals surface area contributed by atoms with Crippen LogP contribution in [0.3, 0.4) is 0 Å². The summed E-state index contributed by atoms with van der Waals surface area (Å²) in [4.78, 5) is 11.3. The molecule has 16 heavy (non-hydrogen) atoms. The molecular weight excluding hydrogens is 200 g/mol. The van der Waals surface area contributed by atoms with Crippen molar-refractivity contribution >= 4 is 5.78 Å². The smallest absolute Gasteiger partial charge is 0.133 e. The van der Waals surface area contributed by atoms with Crippen LogP contribution in [0.1, 0.15) is 31.2 Å². The molecule has 0 N–H and O–H groups in total. The fraction of sp³-hybridized carbons (Fsp3) is 0.500. The van der Waals surface area contributed by atoms with Gasteiger partial charge >= 0.3 is 0 Å². The van der Waals surface area contributed by atoms with Crippen molar-refractivity contribution in [3.63, 3.8) is 0 Å². The predicted octanol–water partition coefficient (Wildman–Crippen LogP) is 3.00. The molecule has 0 unspecified atom stereocenters. The van der Waals surface area contributed by atoms with E-state index in [2.05, 4.69) is 12.1 Å². The molecule has 0 radical (unpaired) electrons. The number of benzene rings is 1. The summed E-state index contributed by atoms with van der Waals surface area (Å²) in [6.07, 6.45) is 4.85. The second-order valence-electron chi connectivity index (χ2n) is 4.55. The minimum atomic E-state index is 0.435. The highest BCUT2D eigenvalue weighted by Gasteiger charge is 2.19. The Hall–Kier alpha value is -1.31. The molecule has 1 aliphatic rings. The number of rotatable bonds is 3. The second-order valence-corrected chi connectivity index (χ2v) is 4.55. The van der Waals surface area contributed by atoms with Gasteiger partial charge in [0.15, 0.2) is 0 Å². The summed E-state index contributed by atoms with van der Waals surface area (Å²) in [6.45, 7) is 0. The molecule has 2 rings (SSSR count). The number of hydrogen-bond donors (Lipinski definition) is 0. The Balaban J connectivity index is 1.94. The minimum absolute atomic E-state index is 0.435. The Kier molecular flexibility index (Phi) is 3.60. The van der Waals surface area contributed by atoms with E-state index in [1.54, 1.807) is 7.11 Å². The van der Waals surface area contributed by atoms with Gasteiger partial charge in [0.25, 0.3) is 0 Å². The lowest BCUT2D eigenvalue weighted by Gasteiger charge is -2.20. The van der Waals surface area contributed by atoms with E-state index in [4.69, 9.17) is 4.74 Å². The highest BCUT2D eigenvalue weighted by Crippen LogP contribution is 2.25. The zero-order chi connectivity index (χ0) is 11.4. The molecule has 1 aromatic carbocycles. The van der Waals surface area contributed by atoms with Gasteiger partial charge in [0, 0.05) is 12.8 Å². The largest absolute Gasteiger partial charge is 0.497 e. The first-order valence-electron chi connectivity index (χ1n) is 5.92. The molecule has 0 heterocycles. The molecule has 0 spiro atoms. The van der Waals surface area contributed by atoms with Gasteiger partial charge in [-0.15, -0.1) is 0 Å².